The van der Waals surface area contributed by atoms with Crippen LogP contribution in [0.25, 0.3) is 0 Å². The molecule has 0 bridgehead atoms. The molecule has 4 rings (SSSR count). The molecular formula is C31H27Cl3N4O8S. The van der Waals surface area contributed by atoms with Gasteiger partial charge in [-0.15, -0.1) is 0 Å². The normalized spacial score (nSPS) is 11.3. The summed E-state index contributed by atoms with van der Waals surface area (Å²) < 4.78 is 45.1. The number of nitro groups is 1. The van der Waals surface area contributed by atoms with Crippen molar-refractivity contribution in [3.8, 4) is 17.2 Å². The van der Waals surface area contributed by atoms with Gasteiger partial charge in [0.05, 0.1) is 46.0 Å². The number of hydrogen-bond donors (Lipinski definition) is 1. The molecule has 0 saturated carbocycles. The highest BCUT2D eigenvalue weighted by Crippen LogP contribution is 2.36. The van der Waals surface area contributed by atoms with Crippen molar-refractivity contribution in [1.82, 2.24) is 5.43 Å². The first-order valence-electron chi connectivity index (χ1n) is 13.5. The minimum absolute atomic E-state index is 0.0662. The van der Waals surface area contributed by atoms with E-state index in [1.807, 2.05) is 0 Å². The summed E-state index contributed by atoms with van der Waals surface area (Å²) in [6.45, 7) is 0.901. The summed E-state index contributed by atoms with van der Waals surface area (Å²) >= 11 is 18.2. The van der Waals surface area contributed by atoms with Crippen LogP contribution in [-0.2, 0) is 21.4 Å². The third kappa shape index (κ3) is 8.63. The van der Waals surface area contributed by atoms with Gasteiger partial charge in [-0.25, -0.2) is 13.8 Å². The molecule has 0 radical (unpaired) electrons. The van der Waals surface area contributed by atoms with Crippen LogP contribution in [0.1, 0.15) is 16.7 Å². The smallest absolute Gasteiger partial charge is 0.273 e. The largest absolute Gasteiger partial charge is 0.495 e. The second-order valence-electron chi connectivity index (χ2n) is 9.77. The summed E-state index contributed by atoms with van der Waals surface area (Å²) in [4.78, 5) is 23.5. The van der Waals surface area contributed by atoms with E-state index in [9.17, 15) is 23.3 Å². The summed E-state index contributed by atoms with van der Waals surface area (Å²) in [5.41, 5.74) is 3.41. The average Bonchev–Trinajstić information content (AvgIpc) is 3.04. The van der Waals surface area contributed by atoms with E-state index in [1.54, 1.807) is 36.4 Å². The Morgan fingerprint density at radius 3 is 2.34 bits per heavy atom. The maximum atomic E-state index is 13.9. The van der Waals surface area contributed by atoms with E-state index in [0.717, 1.165) is 15.9 Å². The molecule has 0 heterocycles. The number of aryl methyl sites for hydroxylation is 1. The predicted octanol–water partition coefficient (Wildman–Crippen LogP) is 6.81. The second kappa shape index (κ2) is 15.4. The van der Waals surface area contributed by atoms with Crippen LogP contribution in [0.3, 0.4) is 0 Å². The fraction of sp³-hybridized carbons (Fsp3) is 0.161. The van der Waals surface area contributed by atoms with Crippen LogP contribution in [0.4, 0.5) is 11.4 Å². The molecule has 0 spiro atoms. The molecule has 0 aliphatic carbocycles. The number of halogens is 3. The third-order valence-corrected chi connectivity index (χ3v) is 9.36. The number of carbonyl (C=O) groups is 1. The first-order chi connectivity index (χ1) is 22.3. The maximum absolute atomic E-state index is 13.9. The molecule has 4 aromatic rings. The Balaban J connectivity index is 1.54. The molecule has 0 atom stereocenters. The number of ether oxygens (including phenoxy) is 3. The molecule has 12 nitrogen and oxygen atoms in total. The van der Waals surface area contributed by atoms with Crippen LogP contribution in [0, 0.1) is 17.0 Å². The number of hydrazone groups is 1. The number of methoxy groups -OCH3 is 2. The monoisotopic (exact) mass is 720 g/mol. The Morgan fingerprint density at radius 2 is 1.66 bits per heavy atom. The van der Waals surface area contributed by atoms with E-state index in [2.05, 4.69) is 10.5 Å². The fourth-order valence-corrected chi connectivity index (χ4v) is 6.18. The fourth-order valence-electron chi connectivity index (χ4n) is 4.25. The molecule has 246 valence electrons. The van der Waals surface area contributed by atoms with E-state index in [-0.39, 0.29) is 28.6 Å². The molecule has 1 N–H and O–H groups in total. The molecule has 0 saturated heterocycles. The van der Waals surface area contributed by atoms with Crippen LogP contribution in [0.5, 0.6) is 17.2 Å². The minimum atomic E-state index is -4.56. The molecule has 1 amide bonds. The Labute approximate surface area is 285 Å². The van der Waals surface area contributed by atoms with Gasteiger partial charge >= 0.3 is 0 Å². The van der Waals surface area contributed by atoms with E-state index in [1.165, 1.54) is 57.7 Å². The van der Waals surface area contributed by atoms with Crippen LogP contribution < -0.4 is 23.9 Å². The number of nitro benzene ring substituents is 1. The van der Waals surface area contributed by atoms with Crippen LogP contribution >= 0.6 is 34.8 Å². The van der Waals surface area contributed by atoms with Crippen molar-refractivity contribution in [1.29, 1.82) is 0 Å². The van der Waals surface area contributed by atoms with Gasteiger partial charge in [-0.3, -0.25) is 19.2 Å². The minimum Gasteiger partial charge on any atom is -0.495 e. The van der Waals surface area contributed by atoms with Gasteiger partial charge in [0.25, 0.3) is 21.6 Å². The van der Waals surface area contributed by atoms with Crippen LogP contribution in [0.2, 0.25) is 15.1 Å². The topological polar surface area (TPSA) is 150 Å². The van der Waals surface area contributed by atoms with Gasteiger partial charge in [-0.1, -0.05) is 46.9 Å². The molecule has 4 aromatic carbocycles. The number of rotatable bonds is 13. The number of benzene rings is 4. The van der Waals surface area contributed by atoms with E-state index in [4.69, 9.17) is 49.0 Å². The molecule has 0 aliphatic rings. The molecule has 0 aliphatic heterocycles. The molecule has 0 aromatic heterocycles. The highest BCUT2D eigenvalue weighted by Gasteiger charge is 2.31. The average molecular weight is 722 g/mol. The zero-order valence-corrected chi connectivity index (χ0v) is 28.2. The molecule has 0 unspecified atom stereocenters. The number of nitrogens with zero attached hydrogens (tertiary/aromatic N) is 3. The Morgan fingerprint density at radius 1 is 0.936 bits per heavy atom. The van der Waals surface area contributed by atoms with Gasteiger partial charge in [-0.05, 0) is 72.6 Å². The van der Waals surface area contributed by atoms with Crippen molar-refractivity contribution < 1.29 is 32.3 Å². The van der Waals surface area contributed by atoms with E-state index < -0.39 is 38.0 Å². The summed E-state index contributed by atoms with van der Waals surface area (Å²) in [6, 6.07) is 17.7. The Hall–Kier alpha value is -4.56. The van der Waals surface area contributed by atoms with E-state index >= 15 is 0 Å². The number of hydrogen-bond acceptors (Lipinski definition) is 9. The predicted molar refractivity (Wildman–Crippen MR) is 180 cm³/mol. The zero-order valence-electron chi connectivity index (χ0n) is 25.1. The lowest BCUT2D eigenvalue weighted by Crippen LogP contribution is -2.39. The summed E-state index contributed by atoms with van der Waals surface area (Å²) in [5, 5.41) is 16.5. The van der Waals surface area contributed by atoms with Gasteiger partial charge in [0.15, 0.2) is 11.5 Å². The highest BCUT2D eigenvalue weighted by molar-refractivity contribution is 7.92. The molecule has 47 heavy (non-hydrogen) atoms. The van der Waals surface area contributed by atoms with Crippen molar-refractivity contribution in [2.24, 2.45) is 5.10 Å². The summed E-state index contributed by atoms with van der Waals surface area (Å²) in [6.07, 6.45) is 1.32. The molecular weight excluding hydrogens is 695 g/mol. The standard InChI is InChI=1S/C31H27Cl3N4O8S/c1-19-4-8-23(15-26(19)38(40)41)47(42,43)37(27-14-22(32)7-11-28(27)44-2)17-31(39)36-35-16-20-6-10-29(30(13-20)45-3)46-18-21-5-9-24(33)25(34)12-21/h4-16H,17-18H2,1-3H3,(H,36,39)/b35-16-. The SMILES string of the molecule is COc1cc(/C=N\NC(=O)CN(c2cc(Cl)ccc2OC)S(=O)(=O)c2ccc(C)c([N+](=O)[O-])c2)ccc1OCc1ccc(Cl)c(Cl)c1. The quantitative estimate of drug-likeness (QED) is 0.0900. The number of nitrogens with one attached hydrogen (secondary N) is 1. The Bertz CT molecular complexity index is 1960. The lowest BCUT2D eigenvalue weighted by Gasteiger charge is -2.25. The number of sulfonamides is 1. The van der Waals surface area contributed by atoms with Gasteiger partial charge in [0.1, 0.15) is 18.9 Å². The lowest BCUT2D eigenvalue weighted by molar-refractivity contribution is -0.385. The molecule has 0 fully saturated rings. The lowest BCUT2D eigenvalue weighted by atomic mass is 10.2. The van der Waals surface area contributed by atoms with Crippen molar-refractivity contribution in [2.45, 2.75) is 18.4 Å². The van der Waals surface area contributed by atoms with Gasteiger partial charge in [-0.2, -0.15) is 5.10 Å². The summed E-state index contributed by atoms with van der Waals surface area (Å²) in [5.74, 6) is 0.0803. The number of carbonyl (C=O) groups excluding carboxylic acids is 1. The number of anilines is 1. The zero-order chi connectivity index (χ0) is 34.3. The van der Waals surface area contributed by atoms with Gasteiger partial charge < -0.3 is 14.2 Å². The van der Waals surface area contributed by atoms with Crippen LogP contribution in [-0.4, -0.2) is 46.2 Å². The van der Waals surface area contributed by atoms with Crippen molar-refractivity contribution in [3.63, 3.8) is 0 Å². The van der Waals surface area contributed by atoms with Crippen molar-refractivity contribution in [3.05, 3.63) is 115 Å². The second-order valence-corrected chi connectivity index (χ2v) is 12.9. The maximum Gasteiger partial charge on any atom is 0.273 e. The first-order valence-corrected chi connectivity index (χ1v) is 16.1. The van der Waals surface area contributed by atoms with Gasteiger partial charge in [0, 0.05) is 16.7 Å². The van der Waals surface area contributed by atoms with Crippen LogP contribution in [0.15, 0.2) is 82.8 Å². The van der Waals surface area contributed by atoms with E-state index in [0.29, 0.717) is 27.1 Å². The third-order valence-electron chi connectivity index (χ3n) is 6.63. The van der Waals surface area contributed by atoms with Crippen molar-refractivity contribution in [2.75, 3.05) is 25.1 Å². The number of amides is 1. The highest BCUT2D eigenvalue weighted by atomic mass is 35.5. The Kier molecular flexibility index (Phi) is 11.5. The first kappa shape index (κ1) is 35.3. The van der Waals surface area contributed by atoms with Crippen molar-refractivity contribution >= 4 is 68.3 Å². The van der Waals surface area contributed by atoms with Gasteiger partial charge in [0.2, 0.25) is 0 Å². The summed E-state index contributed by atoms with van der Waals surface area (Å²) in [7, 11) is -1.78. The molecule has 16 heteroatoms.